The minimum absolute atomic E-state index is 0.126. The van der Waals surface area contributed by atoms with Gasteiger partial charge in [-0.05, 0) is 24.1 Å². The number of benzene rings is 1. The summed E-state index contributed by atoms with van der Waals surface area (Å²) in [5, 5.41) is 6.48. The molecule has 1 aromatic heterocycles. The molecule has 1 aliphatic rings. The molecule has 1 atom stereocenters. The molecular formula is C17H17F3N2O4. The average molecular weight is 370 g/mol. The van der Waals surface area contributed by atoms with Crippen LogP contribution in [0.1, 0.15) is 28.2 Å². The highest BCUT2D eigenvalue weighted by Gasteiger charge is 2.31. The smallest absolute Gasteiger partial charge is 0.406 e. The van der Waals surface area contributed by atoms with Crippen molar-refractivity contribution in [3.05, 3.63) is 47.3 Å². The molecule has 2 aromatic rings. The van der Waals surface area contributed by atoms with Crippen LogP contribution in [0.2, 0.25) is 0 Å². The standard InChI is InChI=1S/C17H17F3N2O4/c18-17(19,20)25-13-3-1-2-11(6-13)7-14-8-15(22-26-14)16(23)21-9-12-4-5-24-10-12/h1-3,6,8,12H,4-5,7,9-10H2,(H,21,23). The average Bonchev–Trinajstić information content (AvgIpc) is 3.23. The number of nitrogens with zero attached hydrogens (tertiary/aromatic N) is 1. The lowest BCUT2D eigenvalue weighted by atomic mass is 10.1. The molecule has 1 unspecified atom stereocenters. The molecule has 3 rings (SSSR count). The van der Waals surface area contributed by atoms with Gasteiger partial charge >= 0.3 is 6.36 Å². The zero-order valence-corrected chi connectivity index (χ0v) is 13.7. The van der Waals surface area contributed by atoms with Gasteiger partial charge in [-0.1, -0.05) is 17.3 Å². The largest absolute Gasteiger partial charge is 0.573 e. The summed E-state index contributed by atoms with van der Waals surface area (Å²) in [7, 11) is 0. The highest BCUT2D eigenvalue weighted by atomic mass is 19.4. The Balaban J connectivity index is 1.57. The van der Waals surface area contributed by atoms with Gasteiger partial charge in [-0.3, -0.25) is 4.79 Å². The Morgan fingerprint density at radius 1 is 1.35 bits per heavy atom. The lowest BCUT2D eigenvalue weighted by Crippen LogP contribution is -2.29. The van der Waals surface area contributed by atoms with E-state index in [2.05, 4.69) is 15.2 Å². The summed E-state index contributed by atoms with van der Waals surface area (Å²) in [6, 6.07) is 7.02. The second kappa shape index (κ2) is 7.77. The Hall–Kier alpha value is -2.55. The number of halogens is 3. The van der Waals surface area contributed by atoms with E-state index in [1.807, 2.05) is 0 Å². The van der Waals surface area contributed by atoms with Crippen molar-refractivity contribution < 1.29 is 32.0 Å². The first-order valence-corrected chi connectivity index (χ1v) is 8.05. The van der Waals surface area contributed by atoms with Crippen LogP contribution >= 0.6 is 0 Å². The van der Waals surface area contributed by atoms with Crippen molar-refractivity contribution in [3.8, 4) is 5.75 Å². The van der Waals surface area contributed by atoms with Gasteiger partial charge in [-0.15, -0.1) is 13.2 Å². The van der Waals surface area contributed by atoms with Crippen molar-refractivity contribution in [2.75, 3.05) is 19.8 Å². The maximum absolute atomic E-state index is 12.3. The van der Waals surface area contributed by atoms with Crippen molar-refractivity contribution in [2.24, 2.45) is 5.92 Å². The number of carbonyl (C=O) groups is 1. The summed E-state index contributed by atoms with van der Waals surface area (Å²) < 4.78 is 51.0. The lowest BCUT2D eigenvalue weighted by molar-refractivity contribution is -0.274. The van der Waals surface area contributed by atoms with Gasteiger partial charge in [0.1, 0.15) is 11.5 Å². The fourth-order valence-corrected chi connectivity index (χ4v) is 2.63. The predicted octanol–water partition coefficient (Wildman–Crippen LogP) is 2.93. The van der Waals surface area contributed by atoms with E-state index in [-0.39, 0.29) is 23.8 Å². The molecule has 0 saturated carbocycles. The topological polar surface area (TPSA) is 73.6 Å². The van der Waals surface area contributed by atoms with Crippen LogP contribution in [0, 0.1) is 5.92 Å². The van der Waals surface area contributed by atoms with Crippen molar-refractivity contribution in [3.63, 3.8) is 0 Å². The molecule has 1 aromatic carbocycles. The summed E-state index contributed by atoms with van der Waals surface area (Å²) in [6.45, 7) is 1.82. The summed E-state index contributed by atoms with van der Waals surface area (Å²) in [4.78, 5) is 12.1. The Bertz CT molecular complexity index is 754. The van der Waals surface area contributed by atoms with E-state index >= 15 is 0 Å². The summed E-state index contributed by atoms with van der Waals surface area (Å²) in [5.74, 6) is -0.0162. The minimum atomic E-state index is -4.75. The SMILES string of the molecule is O=C(NCC1CCOC1)c1cc(Cc2cccc(OC(F)(F)F)c2)on1. The number of hydrogen-bond donors (Lipinski definition) is 1. The van der Waals surface area contributed by atoms with Crippen molar-refractivity contribution in [1.29, 1.82) is 0 Å². The van der Waals surface area contributed by atoms with Crippen LogP contribution in [-0.2, 0) is 11.2 Å². The third-order valence-electron chi connectivity index (χ3n) is 3.88. The molecule has 1 amide bonds. The minimum Gasteiger partial charge on any atom is -0.406 e. The van der Waals surface area contributed by atoms with E-state index in [9.17, 15) is 18.0 Å². The van der Waals surface area contributed by atoms with Gasteiger partial charge in [-0.2, -0.15) is 0 Å². The molecule has 0 aliphatic carbocycles. The van der Waals surface area contributed by atoms with Gasteiger partial charge in [-0.25, -0.2) is 0 Å². The van der Waals surface area contributed by atoms with E-state index in [4.69, 9.17) is 9.26 Å². The van der Waals surface area contributed by atoms with Gasteiger partial charge in [0, 0.05) is 31.6 Å². The molecule has 1 N–H and O–H groups in total. The highest BCUT2D eigenvalue weighted by Crippen LogP contribution is 2.24. The van der Waals surface area contributed by atoms with E-state index in [0.717, 1.165) is 6.42 Å². The van der Waals surface area contributed by atoms with Gasteiger partial charge in [0.15, 0.2) is 5.69 Å². The summed E-state index contributed by atoms with van der Waals surface area (Å²) in [6.07, 6.45) is -3.66. The third-order valence-corrected chi connectivity index (χ3v) is 3.88. The maximum atomic E-state index is 12.3. The van der Waals surface area contributed by atoms with E-state index in [1.165, 1.54) is 24.3 Å². The van der Waals surface area contributed by atoms with Crippen LogP contribution in [0.15, 0.2) is 34.9 Å². The Kier molecular flexibility index (Phi) is 5.46. The highest BCUT2D eigenvalue weighted by molar-refractivity contribution is 5.92. The van der Waals surface area contributed by atoms with E-state index in [1.54, 1.807) is 6.07 Å². The molecule has 1 aliphatic heterocycles. The van der Waals surface area contributed by atoms with E-state index < -0.39 is 6.36 Å². The van der Waals surface area contributed by atoms with Crippen LogP contribution in [0.3, 0.4) is 0 Å². The van der Waals surface area contributed by atoms with Crippen LogP contribution in [0.4, 0.5) is 13.2 Å². The first-order valence-electron chi connectivity index (χ1n) is 8.05. The first kappa shape index (κ1) is 18.2. The molecule has 2 heterocycles. The normalized spacial score (nSPS) is 17.3. The second-order valence-electron chi connectivity index (χ2n) is 5.99. The van der Waals surface area contributed by atoms with E-state index in [0.29, 0.717) is 37.0 Å². The van der Waals surface area contributed by atoms with Crippen LogP contribution < -0.4 is 10.1 Å². The number of aromatic nitrogens is 1. The zero-order chi connectivity index (χ0) is 18.6. The second-order valence-corrected chi connectivity index (χ2v) is 5.99. The van der Waals surface area contributed by atoms with Crippen LogP contribution in [0.25, 0.3) is 0 Å². The first-order chi connectivity index (χ1) is 12.4. The van der Waals surface area contributed by atoms with Crippen LogP contribution in [0.5, 0.6) is 5.75 Å². The molecule has 0 radical (unpaired) electrons. The van der Waals surface area contributed by atoms with Crippen molar-refractivity contribution >= 4 is 5.91 Å². The Labute approximate surface area is 147 Å². The number of ether oxygens (including phenoxy) is 2. The number of nitrogens with one attached hydrogen (secondary N) is 1. The van der Waals surface area contributed by atoms with Crippen molar-refractivity contribution in [1.82, 2.24) is 10.5 Å². The molecular weight excluding hydrogens is 353 g/mol. The summed E-state index contributed by atoms with van der Waals surface area (Å²) >= 11 is 0. The summed E-state index contributed by atoms with van der Waals surface area (Å²) in [5.41, 5.74) is 0.666. The van der Waals surface area contributed by atoms with Gasteiger partial charge < -0.3 is 19.3 Å². The van der Waals surface area contributed by atoms with Gasteiger partial charge in [0.2, 0.25) is 0 Å². The molecule has 9 heteroatoms. The molecule has 1 fully saturated rings. The third kappa shape index (κ3) is 5.22. The van der Waals surface area contributed by atoms with Gasteiger partial charge in [0.25, 0.3) is 5.91 Å². The molecule has 1 saturated heterocycles. The molecule has 26 heavy (non-hydrogen) atoms. The Morgan fingerprint density at radius 2 is 2.19 bits per heavy atom. The number of carbonyl (C=O) groups excluding carboxylic acids is 1. The van der Waals surface area contributed by atoms with Crippen LogP contribution in [-0.4, -0.2) is 37.2 Å². The molecule has 140 valence electrons. The number of alkyl halides is 3. The zero-order valence-electron chi connectivity index (χ0n) is 13.7. The number of rotatable bonds is 6. The maximum Gasteiger partial charge on any atom is 0.573 e. The number of hydrogen-bond acceptors (Lipinski definition) is 5. The number of amides is 1. The monoisotopic (exact) mass is 370 g/mol. The lowest BCUT2D eigenvalue weighted by Gasteiger charge is -2.09. The fourth-order valence-electron chi connectivity index (χ4n) is 2.63. The van der Waals surface area contributed by atoms with Gasteiger partial charge in [0.05, 0.1) is 6.61 Å². The molecule has 6 nitrogen and oxygen atoms in total. The molecule has 0 spiro atoms. The quantitative estimate of drug-likeness (QED) is 0.846. The molecule has 0 bridgehead atoms. The van der Waals surface area contributed by atoms with Crippen molar-refractivity contribution in [2.45, 2.75) is 19.2 Å². The predicted molar refractivity (Wildman–Crippen MR) is 83.7 cm³/mol. The fraction of sp³-hybridized carbons (Fsp3) is 0.412. The Morgan fingerprint density at radius 3 is 2.92 bits per heavy atom.